The first-order valence-corrected chi connectivity index (χ1v) is 11.2. The van der Waals surface area contributed by atoms with Gasteiger partial charge in [0.25, 0.3) is 0 Å². The highest BCUT2D eigenvalue weighted by atomic mass is 127. The zero-order valence-electron chi connectivity index (χ0n) is 18.6. The summed E-state index contributed by atoms with van der Waals surface area (Å²) < 4.78 is 11.2. The van der Waals surface area contributed by atoms with Gasteiger partial charge in [-0.15, -0.1) is 24.0 Å². The summed E-state index contributed by atoms with van der Waals surface area (Å²) >= 11 is 0. The fourth-order valence-electron chi connectivity index (χ4n) is 4.02. The van der Waals surface area contributed by atoms with Crippen LogP contribution in [0.4, 0.5) is 5.69 Å². The van der Waals surface area contributed by atoms with Crippen LogP contribution in [0.3, 0.4) is 0 Å². The van der Waals surface area contributed by atoms with Gasteiger partial charge < -0.3 is 25.0 Å². The van der Waals surface area contributed by atoms with E-state index in [1.54, 1.807) is 0 Å². The van der Waals surface area contributed by atoms with Gasteiger partial charge in [0.2, 0.25) is 0 Å². The molecule has 0 radical (unpaired) electrons. The van der Waals surface area contributed by atoms with Gasteiger partial charge in [0, 0.05) is 64.8 Å². The lowest BCUT2D eigenvalue weighted by Crippen LogP contribution is -2.51. The molecule has 0 amide bonds. The normalized spacial score (nSPS) is 20.5. The molecule has 1 aromatic carbocycles. The number of hydrogen-bond acceptors (Lipinski definition) is 4. The van der Waals surface area contributed by atoms with Crippen LogP contribution < -0.4 is 15.5 Å². The minimum Gasteiger partial charge on any atom is -0.381 e. The molecule has 2 heterocycles. The van der Waals surface area contributed by atoms with Crippen LogP contribution in [-0.4, -0.2) is 65.1 Å². The summed E-state index contributed by atoms with van der Waals surface area (Å²) in [5.41, 5.74) is 2.62. The third-order valence-corrected chi connectivity index (χ3v) is 5.84. The molecule has 0 bridgehead atoms. The number of aryl methyl sites for hydroxylation is 1. The van der Waals surface area contributed by atoms with Crippen LogP contribution in [0.5, 0.6) is 0 Å². The van der Waals surface area contributed by atoms with E-state index in [4.69, 9.17) is 9.47 Å². The van der Waals surface area contributed by atoms with E-state index in [9.17, 15) is 0 Å². The molecule has 2 saturated heterocycles. The summed E-state index contributed by atoms with van der Waals surface area (Å²) in [6, 6.07) is 9.26. The minimum absolute atomic E-state index is 0. The topological polar surface area (TPSA) is 58.1 Å². The Hall–Kier alpha value is -1.06. The van der Waals surface area contributed by atoms with Crippen LogP contribution in [-0.2, 0) is 9.47 Å². The number of nitrogens with zero attached hydrogens (tertiary/aromatic N) is 2. The van der Waals surface area contributed by atoms with Gasteiger partial charge in [-0.25, -0.2) is 0 Å². The minimum atomic E-state index is 0. The summed E-state index contributed by atoms with van der Waals surface area (Å²) in [5, 5.41) is 7.04. The molecule has 0 spiro atoms. The monoisotopic (exact) mass is 530 g/mol. The summed E-state index contributed by atoms with van der Waals surface area (Å²) in [6.45, 7) is 8.59. The lowest BCUT2D eigenvalue weighted by molar-refractivity contribution is 0.0203. The van der Waals surface area contributed by atoms with Crippen molar-refractivity contribution in [2.24, 2.45) is 10.9 Å². The summed E-state index contributed by atoms with van der Waals surface area (Å²) in [4.78, 5) is 6.87. The van der Waals surface area contributed by atoms with E-state index in [-0.39, 0.29) is 24.0 Å². The van der Waals surface area contributed by atoms with Gasteiger partial charge in [0.15, 0.2) is 5.96 Å². The number of rotatable bonds is 8. The van der Waals surface area contributed by atoms with Gasteiger partial charge >= 0.3 is 0 Å². The molecule has 2 fully saturated rings. The SMILES string of the molecule is CN=C(NCCCOCC1CCOCC1)NC1CCCN(c2ccc(C)cc2)C1.I. The van der Waals surface area contributed by atoms with Crippen molar-refractivity contribution < 1.29 is 9.47 Å². The predicted molar refractivity (Wildman–Crippen MR) is 135 cm³/mol. The maximum Gasteiger partial charge on any atom is 0.191 e. The molecule has 2 aliphatic rings. The molecule has 7 heteroatoms. The highest BCUT2D eigenvalue weighted by Crippen LogP contribution is 2.20. The van der Waals surface area contributed by atoms with E-state index >= 15 is 0 Å². The largest absolute Gasteiger partial charge is 0.381 e. The third-order valence-electron chi connectivity index (χ3n) is 5.84. The summed E-state index contributed by atoms with van der Waals surface area (Å²) in [7, 11) is 1.84. The zero-order chi connectivity index (χ0) is 20.3. The van der Waals surface area contributed by atoms with Crippen molar-refractivity contribution in [3.05, 3.63) is 29.8 Å². The number of guanidine groups is 1. The first kappa shape index (κ1) is 25.2. The molecule has 1 aromatic rings. The van der Waals surface area contributed by atoms with Gasteiger partial charge in [0.05, 0.1) is 0 Å². The molecule has 3 rings (SSSR count). The second-order valence-corrected chi connectivity index (χ2v) is 8.25. The van der Waals surface area contributed by atoms with E-state index in [0.717, 1.165) is 71.3 Å². The third kappa shape index (κ3) is 8.59. The molecule has 2 aliphatic heterocycles. The highest BCUT2D eigenvalue weighted by molar-refractivity contribution is 14.0. The second kappa shape index (κ2) is 14.1. The molecular formula is C23H39IN4O2. The Morgan fingerprint density at radius 2 is 1.97 bits per heavy atom. The highest BCUT2D eigenvalue weighted by Gasteiger charge is 2.21. The van der Waals surface area contributed by atoms with Crippen LogP contribution in [0.2, 0.25) is 0 Å². The van der Waals surface area contributed by atoms with E-state index in [1.807, 2.05) is 7.05 Å². The molecule has 0 saturated carbocycles. The van der Waals surface area contributed by atoms with Crippen molar-refractivity contribution in [1.82, 2.24) is 10.6 Å². The molecular weight excluding hydrogens is 491 g/mol. The Labute approximate surface area is 199 Å². The Kier molecular flexibility index (Phi) is 11.8. The number of aliphatic imine (C=N–C) groups is 1. The number of halogens is 1. The van der Waals surface area contributed by atoms with Gasteiger partial charge in [-0.05, 0) is 57.1 Å². The number of hydrogen-bond donors (Lipinski definition) is 2. The first-order valence-electron chi connectivity index (χ1n) is 11.2. The molecule has 170 valence electrons. The standard InChI is InChI=1S/C23H38N4O2.HI/c1-19-6-8-22(9-7-19)27-13-3-5-21(17-27)26-23(24-2)25-12-4-14-29-18-20-10-15-28-16-11-20;/h6-9,20-21H,3-5,10-18H2,1-2H3,(H2,24,25,26);1H. The number of piperidine rings is 1. The van der Waals surface area contributed by atoms with E-state index < -0.39 is 0 Å². The quantitative estimate of drug-likeness (QED) is 0.233. The van der Waals surface area contributed by atoms with Gasteiger partial charge in [0.1, 0.15) is 0 Å². The van der Waals surface area contributed by atoms with Gasteiger partial charge in [-0.2, -0.15) is 0 Å². The van der Waals surface area contributed by atoms with Crippen molar-refractivity contribution >= 4 is 35.6 Å². The lowest BCUT2D eigenvalue weighted by atomic mass is 10.0. The van der Waals surface area contributed by atoms with Crippen LogP contribution in [0.15, 0.2) is 29.3 Å². The fraction of sp³-hybridized carbons (Fsp3) is 0.696. The summed E-state index contributed by atoms with van der Waals surface area (Å²) in [6.07, 6.45) is 5.63. The predicted octanol–water partition coefficient (Wildman–Crippen LogP) is 3.58. The Bertz CT molecular complexity index is 620. The Morgan fingerprint density at radius 3 is 2.70 bits per heavy atom. The van der Waals surface area contributed by atoms with Gasteiger partial charge in [-0.1, -0.05) is 17.7 Å². The van der Waals surface area contributed by atoms with Crippen molar-refractivity contribution in [1.29, 1.82) is 0 Å². The first-order chi connectivity index (χ1) is 14.2. The Balaban J connectivity index is 0.00000320. The number of ether oxygens (including phenoxy) is 2. The maximum atomic E-state index is 5.85. The van der Waals surface area contributed by atoms with Crippen molar-refractivity contribution in [2.75, 3.05) is 58.0 Å². The van der Waals surface area contributed by atoms with Crippen LogP contribution >= 0.6 is 24.0 Å². The molecule has 30 heavy (non-hydrogen) atoms. The molecule has 6 nitrogen and oxygen atoms in total. The number of benzene rings is 1. The van der Waals surface area contributed by atoms with Crippen LogP contribution in [0, 0.1) is 12.8 Å². The number of anilines is 1. The average Bonchev–Trinajstić information content (AvgIpc) is 2.76. The van der Waals surface area contributed by atoms with Crippen LogP contribution in [0.25, 0.3) is 0 Å². The zero-order valence-corrected chi connectivity index (χ0v) is 20.9. The maximum absolute atomic E-state index is 5.85. The summed E-state index contributed by atoms with van der Waals surface area (Å²) in [5.74, 6) is 1.57. The smallest absolute Gasteiger partial charge is 0.191 e. The van der Waals surface area contributed by atoms with Crippen molar-refractivity contribution in [3.63, 3.8) is 0 Å². The van der Waals surface area contributed by atoms with Crippen molar-refractivity contribution in [3.8, 4) is 0 Å². The molecule has 2 N–H and O–H groups in total. The fourth-order valence-corrected chi connectivity index (χ4v) is 4.02. The van der Waals surface area contributed by atoms with Gasteiger partial charge in [-0.3, -0.25) is 4.99 Å². The molecule has 1 atom stereocenters. The molecule has 1 unspecified atom stereocenters. The second-order valence-electron chi connectivity index (χ2n) is 8.25. The number of nitrogens with one attached hydrogen (secondary N) is 2. The lowest BCUT2D eigenvalue weighted by Gasteiger charge is -2.35. The van der Waals surface area contributed by atoms with Crippen LogP contribution in [0.1, 0.15) is 37.7 Å². The van der Waals surface area contributed by atoms with E-state index in [0.29, 0.717) is 12.0 Å². The van der Waals surface area contributed by atoms with Crippen molar-refractivity contribution in [2.45, 2.75) is 45.1 Å². The molecule has 0 aliphatic carbocycles. The average molecular weight is 530 g/mol. The molecule has 0 aromatic heterocycles. The van der Waals surface area contributed by atoms with E-state index in [2.05, 4.69) is 51.7 Å². The van der Waals surface area contributed by atoms with E-state index in [1.165, 1.54) is 24.1 Å². The Morgan fingerprint density at radius 1 is 1.20 bits per heavy atom.